The Balaban J connectivity index is 2.54. The van der Waals surface area contributed by atoms with Crippen LogP contribution in [-0.4, -0.2) is 36.6 Å². The monoisotopic (exact) mass is 198 g/mol. The van der Waals surface area contributed by atoms with Crippen LogP contribution in [-0.2, 0) is 0 Å². The van der Waals surface area contributed by atoms with Crippen LogP contribution >= 0.6 is 0 Å². The zero-order valence-corrected chi connectivity index (χ0v) is 10.3. The van der Waals surface area contributed by atoms with Crippen LogP contribution in [0.5, 0.6) is 0 Å². The highest BCUT2D eigenvalue weighted by Gasteiger charge is 2.29. The summed E-state index contributed by atoms with van der Waals surface area (Å²) in [6.07, 6.45) is 2.63. The van der Waals surface area contributed by atoms with E-state index in [9.17, 15) is 0 Å². The number of unbranched alkanes of at least 4 members (excludes halogenated alkanes) is 1. The summed E-state index contributed by atoms with van der Waals surface area (Å²) in [5, 5.41) is 3.55. The second kappa shape index (κ2) is 5.13. The van der Waals surface area contributed by atoms with E-state index in [0.29, 0.717) is 5.54 Å². The first kappa shape index (κ1) is 12.0. The van der Waals surface area contributed by atoms with E-state index in [1.54, 1.807) is 0 Å². The lowest BCUT2D eigenvalue weighted by atomic mass is 10.0. The summed E-state index contributed by atoms with van der Waals surface area (Å²) >= 11 is 0. The molecule has 0 aliphatic carbocycles. The molecular formula is C12H26N2. The van der Waals surface area contributed by atoms with Crippen LogP contribution in [0.1, 0.15) is 40.5 Å². The van der Waals surface area contributed by atoms with Crippen LogP contribution in [0.3, 0.4) is 0 Å². The van der Waals surface area contributed by atoms with Gasteiger partial charge in [0, 0.05) is 18.6 Å². The van der Waals surface area contributed by atoms with Gasteiger partial charge in [-0.2, -0.15) is 0 Å². The third kappa shape index (κ3) is 3.25. The maximum atomic E-state index is 3.55. The van der Waals surface area contributed by atoms with Crippen molar-refractivity contribution in [2.24, 2.45) is 5.92 Å². The summed E-state index contributed by atoms with van der Waals surface area (Å²) in [6, 6.07) is 0. The summed E-state index contributed by atoms with van der Waals surface area (Å²) in [4.78, 5) is 2.65. The second-order valence-electron chi connectivity index (χ2n) is 5.35. The molecule has 84 valence electrons. The number of nitrogens with one attached hydrogen (secondary N) is 1. The molecule has 1 unspecified atom stereocenters. The van der Waals surface area contributed by atoms with E-state index in [2.05, 4.69) is 37.9 Å². The van der Waals surface area contributed by atoms with E-state index in [-0.39, 0.29) is 0 Å². The molecule has 0 aromatic rings. The van der Waals surface area contributed by atoms with E-state index in [1.165, 1.54) is 32.5 Å². The van der Waals surface area contributed by atoms with Crippen molar-refractivity contribution >= 4 is 0 Å². The number of hydrogen-bond acceptors (Lipinski definition) is 2. The molecule has 0 bridgehead atoms. The Kier molecular flexibility index (Phi) is 4.39. The molecule has 1 N–H and O–H groups in total. The summed E-state index contributed by atoms with van der Waals surface area (Å²) in [6.45, 7) is 14.1. The summed E-state index contributed by atoms with van der Waals surface area (Å²) in [5.41, 5.74) is 0.333. The lowest BCUT2D eigenvalue weighted by Gasteiger charge is -2.37. The maximum Gasteiger partial charge on any atom is 0.0277 e. The van der Waals surface area contributed by atoms with Crippen molar-refractivity contribution < 1.29 is 0 Å². The molecule has 14 heavy (non-hydrogen) atoms. The van der Waals surface area contributed by atoms with Gasteiger partial charge in [0.05, 0.1) is 0 Å². The largest absolute Gasteiger partial charge is 0.315 e. The van der Waals surface area contributed by atoms with Crippen molar-refractivity contribution in [1.82, 2.24) is 10.2 Å². The first-order valence-electron chi connectivity index (χ1n) is 6.02. The number of hydrogen-bond donors (Lipinski definition) is 1. The zero-order chi connectivity index (χ0) is 10.6. The van der Waals surface area contributed by atoms with Crippen molar-refractivity contribution in [2.75, 3.05) is 26.2 Å². The van der Waals surface area contributed by atoms with Gasteiger partial charge in [0.1, 0.15) is 0 Å². The molecule has 1 saturated heterocycles. The van der Waals surface area contributed by atoms with Gasteiger partial charge in [-0.3, -0.25) is 4.90 Å². The zero-order valence-electron chi connectivity index (χ0n) is 10.3. The molecule has 1 atom stereocenters. The van der Waals surface area contributed by atoms with Gasteiger partial charge in [0.25, 0.3) is 0 Å². The van der Waals surface area contributed by atoms with Crippen LogP contribution in [0.15, 0.2) is 0 Å². The van der Waals surface area contributed by atoms with Crippen molar-refractivity contribution in [3.63, 3.8) is 0 Å². The third-order valence-electron chi connectivity index (χ3n) is 3.22. The van der Waals surface area contributed by atoms with Gasteiger partial charge in [-0.1, -0.05) is 20.3 Å². The molecule has 0 saturated carbocycles. The van der Waals surface area contributed by atoms with Crippen molar-refractivity contribution in [2.45, 2.75) is 46.1 Å². The van der Waals surface area contributed by atoms with Gasteiger partial charge in [-0.15, -0.1) is 0 Å². The predicted octanol–water partition coefficient (Wildman–Crippen LogP) is 2.11. The minimum absolute atomic E-state index is 0.333. The fourth-order valence-electron chi connectivity index (χ4n) is 2.17. The third-order valence-corrected chi connectivity index (χ3v) is 3.22. The highest BCUT2D eigenvalue weighted by Crippen LogP contribution is 2.19. The average molecular weight is 198 g/mol. The van der Waals surface area contributed by atoms with Crippen LogP contribution in [0.25, 0.3) is 0 Å². The van der Waals surface area contributed by atoms with Crippen LogP contribution in [0.4, 0.5) is 0 Å². The van der Waals surface area contributed by atoms with Crippen LogP contribution in [0, 0.1) is 5.92 Å². The Morgan fingerprint density at radius 2 is 2.14 bits per heavy atom. The molecule has 0 aromatic carbocycles. The molecule has 0 amide bonds. The Hall–Kier alpha value is -0.0800. The Bertz CT molecular complexity index is 166. The van der Waals surface area contributed by atoms with E-state index in [1.807, 2.05) is 0 Å². The lowest BCUT2D eigenvalue weighted by Crippen LogP contribution is -2.49. The van der Waals surface area contributed by atoms with Gasteiger partial charge in [0.2, 0.25) is 0 Å². The Morgan fingerprint density at radius 3 is 2.79 bits per heavy atom. The van der Waals surface area contributed by atoms with Gasteiger partial charge in [-0.05, 0) is 39.3 Å². The molecule has 1 fully saturated rings. The van der Waals surface area contributed by atoms with E-state index >= 15 is 0 Å². The summed E-state index contributed by atoms with van der Waals surface area (Å²) < 4.78 is 0. The first-order chi connectivity index (χ1) is 6.56. The molecule has 2 heteroatoms. The summed E-state index contributed by atoms with van der Waals surface area (Å²) in [5.74, 6) is 0.786. The quantitative estimate of drug-likeness (QED) is 0.747. The Morgan fingerprint density at radius 1 is 1.43 bits per heavy atom. The van der Waals surface area contributed by atoms with E-state index in [0.717, 1.165) is 12.5 Å². The molecule has 2 nitrogen and oxygen atoms in total. The van der Waals surface area contributed by atoms with Crippen molar-refractivity contribution in [3.05, 3.63) is 0 Å². The summed E-state index contributed by atoms with van der Waals surface area (Å²) in [7, 11) is 0. The topological polar surface area (TPSA) is 15.3 Å². The van der Waals surface area contributed by atoms with Gasteiger partial charge < -0.3 is 5.32 Å². The molecule has 0 spiro atoms. The molecule has 0 radical (unpaired) electrons. The molecule has 1 aliphatic rings. The lowest BCUT2D eigenvalue weighted by molar-refractivity contribution is 0.120. The van der Waals surface area contributed by atoms with Crippen LogP contribution in [0.2, 0.25) is 0 Å². The highest BCUT2D eigenvalue weighted by atomic mass is 15.2. The second-order valence-corrected chi connectivity index (χ2v) is 5.35. The Labute approximate surface area is 89.1 Å². The molecule has 1 rings (SSSR count). The molecular weight excluding hydrogens is 172 g/mol. The van der Waals surface area contributed by atoms with Gasteiger partial charge in [-0.25, -0.2) is 0 Å². The SMILES string of the molecule is CCCCN1CC(C)CNCC1(C)C. The predicted molar refractivity (Wildman–Crippen MR) is 62.6 cm³/mol. The maximum absolute atomic E-state index is 3.55. The van der Waals surface area contributed by atoms with Gasteiger partial charge >= 0.3 is 0 Å². The average Bonchev–Trinajstić information content (AvgIpc) is 2.22. The number of nitrogens with zero attached hydrogens (tertiary/aromatic N) is 1. The van der Waals surface area contributed by atoms with Crippen molar-refractivity contribution in [3.8, 4) is 0 Å². The van der Waals surface area contributed by atoms with Crippen LogP contribution < -0.4 is 5.32 Å². The van der Waals surface area contributed by atoms with E-state index in [4.69, 9.17) is 0 Å². The van der Waals surface area contributed by atoms with Gasteiger partial charge in [0.15, 0.2) is 0 Å². The molecule has 0 aromatic heterocycles. The fraction of sp³-hybridized carbons (Fsp3) is 1.00. The minimum Gasteiger partial charge on any atom is -0.315 e. The van der Waals surface area contributed by atoms with Crippen molar-refractivity contribution in [1.29, 1.82) is 0 Å². The standard InChI is InChI=1S/C12H26N2/c1-5-6-7-14-9-11(2)8-13-10-12(14,3)4/h11,13H,5-10H2,1-4H3. The molecule has 1 aliphatic heterocycles. The minimum atomic E-state index is 0.333. The first-order valence-corrected chi connectivity index (χ1v) is 6.02. The van der Waals surface area contributed by atoms with E-state index < -0.39 is 0 Å². The highest BCUT2D eigenvalue weighted by molar-refractivity contribution is 4.88. The molecule has 1 heterocycles. The smallest absolute Gasteiger partial charge is 0.0277 e. The normalized spacial score (nSPS) is 28.7. The fourth-order valence-corrected chi connectivity index (χ4v) is 2.17. The number of rotatable bonds is 3.